The molecule has 9 nitrogen and oxygen atoms in total. The minimum Gasteiger partial charge on any atom is -0.461 e. The van der Waals surface area contributed by atoms with E-state index >= 15 is 0 Å². The molecule has 0 spiro atoms. The van der Waals surface area contributed by atoms with Gasteiger partial charge in [0.15, 0.2) is 0 Å². The van der Waals surface area contributed by atoms with Crippen LogP contribution >= 0.6 is 11.6 Å². The molecule has 6 rings (SSSR count). The van der Waals surface area contributed by atoms with Gasteiger partial charge >= 0.3 is 12.2 Å². The van der Waals surface area contributed by atoms with Gasteiger partial charge in [0.25, 0.3) is 6.08 Å². The molecule has 4 aliphatic heterocycles. The molecule has 246 valence electrons. The first-order chi connectivity index (χ1) is 21.2. The summed E-state index contributed by atoms with van der Waals surface area (Å²) in [4.78, 5) is 13.4. The van der Waals surface area contributed by atoms with Gasteiger partial charge in [0.05, 0.1) is 54.3 Å². The second-order valence-corrected chi connectivity index (χ2v) is 13.1. The van der Waals surface area contributed by atoms with Crippen LogP contribution in [0.25, 0.3) is 0 Å². The quantitative estimate of drug-likeness (QED) is 0.322. The van der Waals surface area contributed by atoms with E-state index in [1.165, 1.54) is 6.07 Å². The Morgan fingerprint density at radius 3 is 2.82 bits per heavy atom. The molecule has 1 aromatic carbocycles. The SMILES string of the molecule is C[C@@]1(O)COCCN(c2nc(OC[C@]34CCCN3C[C@@H](C=C(F)F)C4)nc3c2CO[C@H](c2cc(N)cc(Cl)c2C(F)(F)F)C3)C1. The summed E-state index contributed by atoms with van der Waals surface area (Å²) in [5.74, 6) is 0.123. The lowest BCUT2D eigenvalue weighted by atomic mass is 9.91. The number of nitrogens with two attached hydrogens (primary N) is 1. The van der Waals surface area contributed by atoms with E-state index in [1.54, 1.807) is 6.92 Å². The van der Waals surface area contributed by atoms with Crippen molar-refractivity contribution < 1.29 is 41.3 Å². The predicted octanol–water partition coefficient (Wildman–Crippen LogP) is 5.15. The van der Waals surface area contributed by atoms with Crippen molar-refractivity contribution in [2.75, 3.05) is 56.6 Å². The summed E-state index contributed by atoms with van der Waals surface area (Å²) in [5.41, 5.74) is 4.07. The van der Waals surface area contributed by atoms with E-state index in [0.717, 1.165) is 31.5 Å². The Labute approximate surface area is 262 Å². The van der Waals surface area contributed by atoms with Gasteiger partial charge in [-0.15, -0.1) is 0 Å². The molecule has 0 radical (unpaired) electrons. The number of nitrogens with zero attached hydrogens (tertiary/aromatic N) is 4. The molecule has 3 N–H and O–H groups in total. The zero-order chi connectivity index (χ0) is 32.1. The lowest BCUT2D eigenvalue weighted by Gasteiger charge is -2.34. The molecule has 15 heteroatoms. The third-order valence-corrected chi connectivity index (χ3v) is 9.35. The number of ether oxygens (including phenoxy) is 3. The number of benzene rings is 1. The number of aromatic nitrogens is 2. The fraction of sp³-hybridized carbons (Fsp3) is 0.600. The van der Waals surface area contributed by atoms with Crippen LogP contribution in [0.3, 0.4) is 0 Å². The third kappa shape index (κ3) is 6.71. The molecule has 45 heavy (non-hydrogen) atoms. The lowest BCUT2D eigenvalue weighted by Crippen LogP contribution is -2.44. The van der Waals surface area contributed by atoms with Crippen LogP contribution in [-0.4, -0.2) is 77.1 Å². The van der Waals surface area contributed by atoms with E-state index in [1.807, 2.05) is 4.90 Å². The molecule has 1 aromatic heterocycles. The highest BCUT2D eigenvalue weighted by molar-refractivity contribution is 6.31. The number of rotatable bonds is 6. The summed E-state index contributed by atoms with van der Waals surface area (Å²) in [6.45, 7) is 3.94. The van der Waals surface area contributed by atoms with Crippen LogP contribution in [0.5, 0.6) is 6.01 Å². The van der Waals surface area contributed by atoms with Crippen molar-refractivity contribution in [3.05, 3.63) is 51.7 Å². The molecule has 2 aromatic rings. The summed E-state index contributed by atoms with van der Waals surface area (Å²) in [5, 5.41) is 10.4. The Bertz CT molecular complexity index is 1470. The van der Waals surface area contributed by atoms with Gasteiger partial charge in [-0.25, -0.2) is 0 Å². The smallest absolute Gasteiger partial charge is 0.418 e. The highest BCUT2D eigenvalue weighted by Gasteiger charge is 2.49. The number of hydrogen-bond donors (Lipinski definition) is 2. The van der Waals surface area contributed by atoms with Crippen molar-refractivity contribution >= 4 is 23.1 Å². The van der Waals surface area contributed by atoms with Crippen molar-refractivity contribution in [2.24, 2.45) is 5.92 Å². The Hall–Kier alpha value is -2.78. The summed E-state index contributed by atoms with van der Waals surface area (Å²) in [7, 11) is 0. The maximum absolute atomic E-state index is 14.1. The molecular weight excluding hydrogens is 625 g/mol. The largest absolute Gasteiger partial charge is 0.461 e. The fourth-order valence-corrected chi connectivity index (χ4v) is 7.54. The molecule has 4 atom stereocenters. The first kappa shape index (κ1) is 32.2. The van der Waals surface area contributed by atoms with E-state index in [4.69, 9.17) is 36.5 Å². The van der Waals surface area contributed by atoms with Crippen LogP contribution in [0.15, 0.2) is 24.3 Å². The molecule has 0 bridgehead atoms. The van der Waals surface area contributed by atoms with Crippen LogP contribution in [0.4, 0.5) is 33.5 Å². The molecule has 0 saturated carbocycles. The molecular formula is C30H35ClF5N5O4. The molecule has 0 aliphatic carbocycles. The number of alkyl halides is 3. The topological polar surface area (TPSA) is 106 Å². The molecule has 0 amide bonds. The zero-order valence-electron chi connectivity index (χ0n) is 24.7. The number of β-amino-alcohol motifs (C(OH)–C–C–N with tert-alkyl or cyclic N) is 1. The van der Waals surface area contributed by atoms with Crippen molar-refractivity contribution in [3.63, 3.8) is 0 Å². The van der Waals surface area contributed by atoms with Gasteiger partial charge in [-0.2, -0.15) is 31.9 Å². The number of fused-ring (bicyclic) bond motifs is 2. The second-order valence-electron chi connectivity index (χ2n) is 12.7. The van der Waals surface area contributed by atoms with E-state index in [9.17, 15) is 27.1 Å². The van der Waals surface area contributed by atoms with Gasteiger partial charge in [0.2, 0.25) is 0 Å². The van der Waals surface area contributed by atoms with Gasteiger partial charge in [-0.3, -0.25) is 4.90 Å². The normalized spacial score (nSPS) is 28.8. The Kier molecular flexibility index (Phi) is 8.65. The summed E-state index contributed by atoms with van der Waals surface area (Å²) in [6, 6.07) is 2.28. The van der Waals surface area contributed by atoms with E-state index in [-0.39, 0.29) is 56.0 Å². The van der Waals surface area contributed by atoms with E-state index in [0.29, 0.717) is 43.2 Å². The average molecular weight is 660 g/mol. The Balaban J connectivity index is 1.35. The minimum atomic E-state index is -4.75. The third-order valence-electron chi connectivity index (χ3n) is 9.05. The van der Waals surface area contributed by atoms with Crippen molar-refractivity contribution in [1.82, 2.24) is 14.9 Å². The Morgan fingerprint density at radius 1 is 1.27 bits per heavy atom. The first-order valence-electron chi connectivity index (χ1n) is 14.9. The first-order valence-corrected chi connectivity index (χ1v) is 15.2. The standard InChI is InChI=1S/C30H35ClF5N5O4/c1-28(42)14-40(5-6-43-15-28)26-20-13-44-23(19-8-18(37)9-21(31)25(19)30(34,35)36)10-22(20)38-27(39-26)45-16-29-3-2-4-41(29)12-17(11-29)7-24(32)33/h7-9,17,23,42H,2-6,10-16,37H2,1H3/t17-,23-,28-,29+/m0/s1. The molecule has 5 heterocycles. The minimum absolute atomic E-state index is 0.00718. The van der Waals surface area contributed by atoms with Gasteiger partial charge in [-0.1, -0.05) is 11.6 Å². The monoisotopic (exact) mass is 659 g/mol. The van der Waals surface area contributed by atoms with Crippen LogP contribution in [0.1, 0.15) is 54.7 Å². The maximum Gasteiger partial charge on any atom is 0.418 e. The van der Waals surface area contributed by atoms with Gasteiger partial charge < -0.3 is 30.0 Å². The maximum atomic E-state index is 14.1. The number of nitrogen functional groups attached to an aromatic ring is 1. The number of halogens is 6. The number of aliphatic hydroxyl groups is 1. The van der Waals surface area contributed by atoms with E-state index < -0.39 is 40.1 Å². The fourth-order valence-electron chi connectivity index (χ4n) is 7.20. The average Bonchev–Trinajstić information content (AvgIpc) is 3.41. The molecule has 0 unspecified atom stereocenters. The molecule has 3 fully saturated rings. The highest BCUT2D eigenvalue weighted by Crippen LogP contribution is 2.45. The van der Waals surface area contributed by atoms with Crippen LogP contribution in [0.2, 0.25) is 5.02 Å². The summed E-state index contributed by atoms with van der Waals surface area (Å²) in [6.07, 6.45) is -4.41. The van der Waals surface area contributed by atoms with Gasteiger partial charge in [0, 0.05) is 30.8 Å². The highest BCUT2D eigenvalue weighted by atomic mass is 35.5. The van der Waals surface area contributed by atoms with Gasteiger partial charge in [-0.05, 0) is 62.4 Å². The van der Waals surface area contributed by atoms with Crippen LogP contribution in [-0.2, 0) is 28.7 Å². The predicted molar refractivity (Wildman–Crippen MR) is 155 cm³/mol. The van der Waals surface area contributed by atoms with Crippen molar-refractivity contribution in [3.8, 4) is 6.01 Å². The summed E-state index contributed by atoms with van der Waals surface area (Å²) < 4.78 is 86.3. The van der Waals surface area contributed by atoms with Crippen molar-refractivity contribution in [1.29, 1.82) is 0 Å². The lowest BCUT2D eigenvalue weighted by molar-refractivity contribution is -0.139. The molecule has 3 saturated heterocycles. The number of anilines is 2. The molecule has 4 aliphatic rings. The van der Waals surface area contributed by atoms with E-state index in [2.05, 4.69) is 9.88 Å². The zero-order valence-corrected chi connectivity index (χ0v) is 25.4. The summed E-state index contributed by atoms with van der Waals surface area (Å²) >= 11 is 6.03. The Morgan fingerprint density at radius 2 is 2.07 bits per heavy atom. The van der Waals surface area contributed by atoms with Gasteiger partial charge in [0.1, 0.15) is 18.0 Å². The number of hydrogen-bond acceptors (Lipinski definition) is 9. The van der Waals surface area contributed by atoms with Crippen LogP contribution < -0.4 is 15.4 Å². The van der Waals surface area contributed by atoms with Crippen molar-refractivity contribution in [2.45, 2.75) is 62.6 Å². The van der Waals surface area contributed by atoms with Crippen LogP contribution in [0, 0.1) is 5.92 Å². The second kappa shape index (κ2) is 12.1.